The minimum Gasteiger partial charge on any atom is -0.465 e. The second-order valence-corrected chi connectivity index (χ2v) is 7.06. The Balaban J connectivity index is 2.25. The summed E-state index contributed by atoms with van der Waals surface area (Å²) >= 11 is 0. The van der Waals surface area contributed by atoms with Crippen LogP contribution in [0.5, 0.6) is 0 Å². The maximum atomic E-state index is 11.7. The number of benzene rings is 1. The molecule has 2 aromatic heterocycles. The molecule has 0 aliphatic carbocycles. The molecule has 3 aromatic rings. The highest BCUT2D eigenvalue weighted by Crippen LogP contribution is 2.32. The first-order chi connectivity index (χ1) is 13.4. The number of anilines is 2. The predicted molar refractivity (Wildman–Crippen MR) is 111 cm³/mol. The summed E-state index contributed by atoms with van der Waals surface area (Å²) in [5.41, 5.74) is 9.07. The van der Waals surface area contributed by atoms with E-state index >= 15 is 0 Å². The van der Waals surface area contributed by atoms with Crippen LogP contribution in [0.25, 0.3) is 21.9 Å². The van der Waals surface area contributed by atoms with Crippen LogP contribution >= 0.6 is 0 Å². The van der Waals surface area contributed by atoms with Crippen LogP contribution in [0.3, 0.4) is 0 Å². The van der Waals surface area contributed by atoms with Crippen LogP contribution < -0.4 is 10.6 Å². The lowest BCUT2D eigenvalue weighted by molar-refractivity contribution is 0.199. The van der Waals surface area contributed by atoms with Crippen LogP contribution in [0, 0.1) is 0 Å². The fourth-order valence-corrected chi connectivity index (χ4v) is 3.57. The number of ether oxygens (including phenoxy) is 1. The van der Waals surface area contributed by atoms with Crippen molar-refractivity contribution in [3.05, 3.63) is 24.0 Å². The van der Waals surface area contributed by atoms with E-state index in [2.05, 4.69) is 16.5 Å². The van der Waals surface area contributed by atoms with Gasteiger partial charge in [0, 0.05) is 37.2 Å². The Hall–Kier alpha value is -2.87. The summed E-state index contributed by atoms with van der Waals surface area (Å²) in [5, 5.41) is 10.5. The molecule has 0 radical (unpaired) electrons. The molecule has 8 heteroatoms. The molecule has 0 saturated carbocycles. The zero-order valence-electron chi connectivity index (χ0n) is 16.8. The van der Waals surface area contributed by atoms with Crippen molar-refractivity contribution in [2.24, 2.45) is 0 Å². The molecule has 150 valence electrons. The monoisotopic (exact) mass is 385 g/mol. The van der Waals surface area contributed by atoms with Crippen molar-refractivity contribution in [3.8, 4) is 0 Å². The Morgan fingerprint density at radius 3 is 2.71 bits per heavy atom. The topological polar surface area (TPSA) is 107 Å². The first-order valence-electron chi connectivity index (χ1n) is 9.48. The van der Waals surface area contributed by atoms with Crippen molar-refractivity contribution in [1.82, 2.24) is 14.5 Å². The molecule has 8 nitrogen and oxygen atoms in total. The number of methoxy groups -OCH3 is 1. The molecular formula is C20H27N5O3. The average molecular weight is 385 g/mol. The third kappa shape index (κ3) is 3.47. The van der Waals surface area contributed by atoms with Crippen LogP contribution in [0.15, 0.2) is 18.2 Å². The van der Waals surface area contributed by atoms with Crippen molar-refractivity contribution >= 4 is 39.5 Å². The Morgan fingerprint density at radius 1 is 1.36 bits per heavy atom. The number of nitrogens with two attached hydrogens (primary N) is 1. The number of hydrogen-bond donors (Lipinski definition) is 2. The molecule has 0 aliphatic heterocycles. The van der Waals surface area contributed by atoms with E-state index in [4.69, 9.17) is 15.5 Å². The third-order valence-corrected chi connectivity index (χ3v) is 4.74. The minimum absolute atomic E-state index is 0.192. The fourth-order valence-electron chi connectivity index (χ4n) is 3.57. The number of carbonyl (C=O) groups is 1. The van der Waals surface area contributed by atoms with Gasteiger partial charge in [-0.25, -0.2) is 14.8 Å². The summed E-state index contributed by atoms with van der Waals surface area (Å²) in [4.78, 5) is 22.2. The zero-order chi connectivity index (χ0) is 20.4. The van der Waals surface area contributed by atoms with Gasteiger partial charge in [-0.05, 0) is 38.5 Å². The molecule has 0 unspecified atom stereocenters. The van der Waals surface area contributed by atoms with Crippen molar-refractivity contribution in [1.29, 1.82) is 0 Å². The highest BCUT2D eigenvalue weighted by atomic mass is 16.5. The quantitative estimate of drug-likeness (QED) is 0.643. The van der Waals surface area contributed by atoms with Crippen molar-refractivity contribution < 1.29 is 14.6 Å². The van der Waals surface area contributed by atoms with E-state index in [1.807, 2.05) is 26.0 Å². The summed E-state index contributed by atoms with van der Waals surface area (Å²) in [6.07, 6.45) is 0.638. The second-order valence-electron chi connectivity index (χ2n) is 7.06. The van der Waals surface area contributed by atoms with E-state index < -0.39 is 6.09 Å². The highest BCUT2D eigenvalue weighted by Gasteiger charge is 2.21. The van der Waals surface area contributed by atoms with Crippen LogP contribution in [0.4, 0.5) is 16.3 Å². The molecule has 3 N–H and O–H groups in total. The number of carboxylic acid groups (broad SMARTS) is 1. The Bertz CT molecular complexity index is 1010. The highest BCUT2D eigenvalue weighted by molar-refractivity contribution is 6.08. The summed E-state index contributed by atoms with van der Waals surface area (Å²) in [7, 11) is 1.67. The number of pyridine rings is 1. The fraction of sp³-hybridized carbons (Fsp3) is 0.450. The molecule has 0 fully saturated rings. The Morgan fingerprint density at radius 2 is 2.11 bits per heavy atom. The normalized spacial score (nSPS) is 11.6. The van der Waals surface area contributed by atoms with Crippen LogP contribution in [-0.2, 0) is 17.7 Å². The van der Waals surface area contributed by atoms with Gasteiger partial charge in [-0.2, -0.15) is 0 Å². The molecule has 1 aromatic carbocycles. The molecule has 3 rings (SSSR count). The lowest BCUT2D eigenvalue weighted by atomic mass is 10.1. The number of fused-ring (bicyclic) bond motifs is 3. The van der Waals surface area contributed by atoms with E-state index in [9.17, 15) is 9.90 Å². The molecule has 0 aliphatic rings. The van der Waals surface area contributed by atoms with Gasteiger partial charge in [-0.3, -0.25) is 4.90 Å². The van der Waals surface area contributed by atoms with Gasteiger partial charge in [0.1, 0.15) is 11.3 Å². The maximum absolute atomic E-state index is 11.7. The zero-order valence-corrected chi connectivity index (χ0v) is 16.8. The standard InChI is InChI=1S/C20H27N5O3/c1-5-9-24-16(8-10-28-4)23-17-18(24)14-7-6-13(11-15(14)22-19(17)21)25(12(2)3)20(26)27/h6-7,11-12H,5,8-10H2,1-4H3,(H2,21,22)(H,26,27). The number of amides is 1. The van der Waals surface area contributed by atoms with Gasteiger partial charge in [0.25, 0.3) is 0 Å². The predicted octanol–water partition coefficient (Wildman–Crippen LogP) is 3.66. The summed E-state index contributed by atoms with van der Waals surface area (Å²) in [6, 6.07) is 5.30. The third-order valence-electron chi connectivity index (χ3n) is 4.74. The number of aryl methyl sites for hydroxylation is 1. The van der Waals surface area contributed by atoms with Crippen molar-refractivity contribution in [2.45, 2.75) is 46.2 Å². The molecular weight excluding hydrogens is 358 g/mol. The van der Waals surface area contributed by atoms with Crippen molar-refractivity contribution in [2.75, 3.05) is 24.4 Å². The molecule has 28 heavy (non-hydrogen) atoms. The van der Waals surface area contributed by atoms with Gasteiger partial charge < -0.3 is 20.1 Å². The molecule has 0 saturated heterocycles. The number of hydrogen-bond acceptors (Lipinski definition) is 5. The van der Waals surface area contributed by atoms with Gasteiger partial charge in [0.05, 0.1) is 17.6 Å². The number of aromatic nitrogens is 3. The van der Waals surface area contributed by atoms with Gasteiger partial charge in [-0.1, -0.05) is 6.92 Å². The maximum Gasteiger partial charge on any atom is 0.412 e. The molecule has 0 spiro atoms. The number of imidazole rings is 1. The van der Waals surface area contributed by atoms with E-state index in [-0.39, 0.29) is 6.04 Å². The average Bonchev–Trinajstić information content (AvgIpc) is 2.99. The lowest BCUT2D eigenvalue weighted by Gasteiger charge is -2.23. The van der Waals surface area contributed by atoms with E-state index in [1.165, 1.54) is 4.90 Å². The largest absolute Gasteiger partial charge is 0.465 e. The van der Waals surface area contributed by atoms with Gasteiger partial charge >= 0.3 is 6.09 Å². The van der Waals surface area contributed by atoms with Crippen LogP contribution in [0.1, 0.15) is 33.0 Å². The smallest absolute Gasteiger partial charge is 0.412 e. The van der Waals surface area contributed by atoms with E-state index in [1.54, 1.807) is 13.2 Å². The molecule has 2 heterocycles. The van der Waals surface area contributed by atoms with Gasteiger partial charge in [0.15, 0.2) is 5.82 Å². The lowest BCUT2D eigenvalue weighted by Crippen LogP contribution is -2.35. The number of nitrogen functional groups attached to an aromatic ring is 1. The first kappa shape index (κ1) is 19.9. The summed E-state index contributed by atoms with van der Waals surface area (Å²) < 4.78 is 7.39. The summed E-state index contributed by atoms with van der Waals surface area (Å²) in [6.45, 7) is 7.17. The van der Waals surface area contributed by atoms with Crippen LogP contribution in [-0.4, -0.2) is 45.5 Å². The van der Waals surface area contributed by atoms with Crippen molar-refractivity contribution in [3.63, 3.8) is 0 Å². The minimum atomic E-state index is -0.999. The Kier molecular flexibility index (Phi) is 5.69. The summed E-state index contributed by atoms with van der Waals surface area (Å²) in [5.74, 6) is 1.26. The first-order valence-corrected chi connectivity index (χ1v) is 9.48. The number of nitrogens with zero attached hydrogens (tertiary/aromatic N) is 4. The SMILES string of the molecule is CCCn1c(CCOC)nc2c(N)nc3cc(N(C(=O)O)C(C)C)ccc3c21. The van der Waals surface area contributed by atoms with E-state index in [0.717, 1.165) is 29.7 Å². The number of rotatable bonds is 7. The molecule has 1 amide bonds. The van der Waals surface area contributed by atoms with Gasteiger partial charge in [-0.15, -0.1) is 0 Å². The molecule has 0 bridgehead atoms. The van der Waals surface area contributed by atoms with Gasteiger partial charge in [0.2, 0.25) is 0 Å². The van der Waals surface area contributed by atoms with Crippen LogP contribution in [0.2, 0.25) is 0 Å². The second kappa shape index (κ2) is 8.02. The Labute approximate surface area is 163 Å². The van der Waals surface area contributed by atoms with E-state index in [0.29, 0.717) is 35.6 Å². The molecule has 0 atom stereocenters.